The summed E-state index contributed by atoms with van der Waals surface area (Å²) < 4.78 is 27.7. The van der Waals surface area contributed by atoms with E-state index in [-0.39, 0.29) is 20.2 Å². The first kappa shape index (κ1) is 17.0. The summed E-state index contributed by atoms with van der Waals surface area (Å²) in [5.74, 6) is 0. The average molecular weight is 269 g/mol. The van der Waals surface area contributed by atoms with Crippen molar-refractivity contribution in [3.63, 3.8) is 0 Å². The Morgan fingerprint density at radius 2 is 0.941 bits per heavy atom. The highest BCUT2D eigenvalue weighted by molar-refractivity contribution is 7.48. The lowest BCUT2D eigenvalue weighted by atomic mass is 11.0. The van der Waals surface area contributed by atoms with Crippen LogP contribution in [0.15, 0.2) is 0 Å². The van der Waals surface area contributed by atoms with Crippen molar-refractivity contribution in [3.8, 4) is 0 Å². The van der Waals surface area contributed by atoms with Crippen LogP contribution in [0.4, 0.5) is 0 Å². The van der Waals surface area contributed by atoms with Gasteiger partial charge in [-0.2, -0.15) is 0 Å². The molecular weight excluding hydrogens is 245 g/mol. The SMILES string of the molecule is CN(C)COP(=O)(OCN(C)C)OCN(C)C. The Morgan fingerprint density at radius 3 is 1.12 bits per heavy atom. The molecule has 0 aromatic rings. The topological polar surface area (TPSA) is 54.5 Å². The van der Waals surface area contributed by atoms with Crippen molar-refractivity contribution < 1.29 is 18.1 Å². The van der Waals surface area contributed by atoms with Crippen LogP contribution in [-0.2, 0) is 18.1 Å². The van der Waals surface area contributed by atoms with Crippen LogP contribution in [0.3, 0.4) is 0 Å². The second kappa shape index (κ2) is 8.16. The van der Waals surface area contributed by atoms with Crippen LogP contribution in [0.2, 0.25) is 0 Å². The number of phosphoric ester groups is 1. The summed E-state index contributed by atoms with van der Waals surface area (Å²) >= 11 is 0. The molecule has 0 fully saturated rings. The molecule has 0 amide bonds. The highest BCUT2D eigenvalue weighted by atomic mass is 31.2. The summed E-state index contributed by atoms with van der Waals surface area (Å²) in [6.45, 7) is 0.536. The number of rotatable bonds is 9. The van der Waals surface area contributed by atoms with E-state index in [4.69, 9.17) is 13.6 Å². The lowest BCUT2D eigenvalue weighted by Gasteiger charge is -2.22. The largest absolute Gasteiger partial charge is 0.478 e. The molecule has 0 radical (unpaired) electrons. The van der Waals surface area contributed by atoms with Gasteiger partial charge in [-0.15, -0.1) is 0 Å². The van der Waals surface area contributed by atoms with Crippen molar-refractivity contribution in [2.24, 2.45) is 0 Å². The summed E-state index contributed by atoms with van der Waals surface area (Å²) in [4.78, 5) is 5.22. The van der Waals surface area contributed by atoms with Crippen LogP contribution in [0.1, 0.15) is 0 Å². The first-order valence-corrected chi connectivity index (χ1v) is 6.69. The molecule has 104 valence electrons. The lowest BCUT2D eigenvalue weighted by molar-refractivity contribution is 0.0355. The third kappa shape index (κ3) is 9.67. The Hall–Kier alpha value is -0.0100. The number of hydrogen-bond donors (Lipinski definition) is 0. The molecule has 0 N–H and O–H groups in total. The van der Waals surface area contributed by atoms with Gasteiger partial charge in [-0.05, 0) is 42.3 Å². The van der Waals surface area contributed by atoms with Gasteiger partial charge in [0.1, 0.15) is 20.2 Å². The molecule has 0 aromatic carbocycles. The van der Waals surface area contributed by atoms with E-state index in [0.29, 0.717) is 0 Å². The predicted molar refractivity (Wildman–Crippen MR) is 66.5 cm³/mol. The fourth-order valence-corrected chi connectivity index (χ4v) is 2.01. The van der Waals surface area contributed by atoms with Crippen LogP contribution in [0.25, 0.3) is 0 Å². The van der Waals surface area contributed by atoms with Crippen LogP contribution < -0.4 is 0 Å². The van der Waals surface area contributed by atoms with Crippen LogP contribution in [0, 0.1) is 0 Å². The zero-order chi connectivity index (χ0) is 13.5. The molecule has 0 heterocycles. The quantitative estimate of drug-likeness (QED) is 0.451. The summed E-state index contributed by atoms with van der Waals surface area (Å²) in [5, 5.41) is 0. The van der Waals surface area contributed by atoms with Gasteiger partial charge in [0.2, 0.25) is 0 Å². The minimum Gasteiger partial charge on any atom is -0.287 e. The fraction of sp³-hybridized carbons (Fsp3) is 1.00. The zero-order valence-electron chi connectivity index (χ0n) is 11.5. The maximum atomic E-state index is 12.2. The highest BCUT2D eigenvalue weighted by Gasteiger charge is 2.27. The summed E-state index contributed by atoms with van der Waals surface area (Å²) in [6.07, 6.45) is 0. The van der Waals surface area contributed by atoms with E-state index in [1.165, 1.54) is 0 Å². The summed E-state index contributed by atoms with van der Waals surface area (Å²) in [6, 6.07) is 0. The second-order valence-corrected chi connectivity index (χ2v) is 6.13. The Morgan fingerprint density at radius 1 is 0.706 bits per heavy atom. The van der Waals surface area contributed by atoms with E-state index >= 15 is 0 Å². The van der Waals surface area contributed by atoms with Gasteiger partial charge in [0.05, 0.1) is 0 Å². The van der Waals surface area contributed by atoms with Crippen molar-refractivity contribution in [2.75, 3.05) is 62.5 Å². The standard InChI is InChI=1S/C9H24N3O4P/c1-10(2)7-14-17(13,15-8-11(3)4)16-9-12(5)6/h7-9H2,1-6H3. The first-order valence-electron chi connectivity index (χ1n) is 5.23. The molecular formula is C9H24N3O4P. The Labute approximate surface area is 104 Å². The van der Waals surface area contributed by atoms with Crippen molar-refractivity contribution >= 4 is 7.82 Å². The number of hydrogen-bond acceptors (Lipinski definition) is 7. The molecule has 17 heavy (non-hydrogen) atoms. The average Bonchev–Trinajstić information content (AvgIpc) is 2.21. The molecule has 0 saturated carbocycles. The molecule has 0 aliphatic heterocycles. The monoisotopic (exact) mass is 269 g/mol. The van der Waals surface area contributed by atoms with Gasteiger partial charge in [0.25, 0.3) is 0 Å². The highest BCUT2D eigenvalue weighted by Crippen LogP contribution is 2.49. The second-order valence-electron chi connectivity index (χ2n) is 4.46. The van der Waals surface area contributed by atoms with Crippen molar-refractivity contribution in [3.05, 3.63) is 0 Å². The van der Waals surface area contributed by atoms with Gasteiger partial charge in [-0.25, -0.2) is 4.57 Å². The minimum atomic E-state index is -3.51. The van der Waals surface area contributed by atoms with Crippen LogP contribution >= 0.6 is 7.82 Å². The molecule has 0 spiro atoms. The third-order valence-electron chi connectivity index (χ3n) is 1.42. The third-order valence-corrected chi connectivity index (χ3v) is 2.72. The molecule has 0 bridgehead atoms. The Balaban J connectivity index is 4.29. The maximum Gasteiger partial charge on any atom is 0.478 e. The fourth-order valence-electron chi connectivity index (χ4n) is 0.670. The molecule has 0 aromatic heterocycles. The summed E-state index contributed by atoms with van der Waals surface area (Å²) in [5.41, 5.74) is 0. The predicted octanol–water partition coefficient (Wildman–Crippen LogP) is 0.702. The van der Waals surface area contributed by atoms with Gasteiger partial charge in [-0.3, -0.25) is 28.3 Å². The minimum absolute atomic E-state index is 0.179. The van der Waals surface area contributed by atoms with E-state index in [0.717, 1.165) is 0 Å². The van der Waals surface area contributed by atoms with E-state index < -0.39 is 7.82 Å². The normalized spacial score (nSPS) is 13.0. The van der Waals surface area contributed by atoms with Gasteiger partial charge < -0.3 is 0 Å². The first-order chi connectivity index (χ1) is 7.75. The van der Waals surface area contributed by atoms with E-state index in [1.54, 1.807) is 14.7 Å². The number of phosphoric acid groups is 1. The van der Waals surface area contributed by atoms with Gasteiger partial charge in [0, 0.05) is 0 Å². The van der Waals surface area contributed by atoms with E-state index in [9.17, 15) is 4.57 Å². The van der Waals surface area contributed by atoms with Crippen molar-refractivity contribution in [2.45, 2.75) is 0 Å². The molecule has 0 unspecified atom stereocenters. The van der Waals surface area contributed by atoms with Crippen molar-refractivity contribution in [1.29, 1.82) is 0 Å². The van der Waals surface area contributed by atoms with Gasteiger partial charge >= 0.3 is 7.82 Å². The molecule has 0 rings (SSSR count). The molecule has 0 aliphatic carbocycles. The maximum absolute atomic E-state index is 12.2. The molecule has 0 saturated heterocycles. The smallest absolute Gasteiger partial charge is 0.287 e. The Bertz CT molecular complexity index is 210. The molecule has 8 heteroatoms. The van der Waals surface area contributed by atoms with E-state index in [2.05, 4.69) is 0 Å². The Kier molecular flexibility index (Phi) is 8.15. The molecule has 0 aliphatic rings. The van der Waals surface area contributed by atoms with Crippen LogP contribution in [-0.4, -0.2) is 77.2 Å². The van der Waals surface area contributed by atoms with Gasteiger partial charge in [0.15, 0.2) is 0 Å². The van der Waals surface area contributed by atoms with Crippen molar-refractivity contribution in [1.82, 2.24) is 14.7 Å². The molecule has 0 atom stereocenters. The zero-order valence-corrected chi connectivity index (χ0v) is 12.4. The summed E-state index contributed by atoms with van der Waals surface area (Å²) in [7, 11) is 7.34. The van der Waals surface area contributed by atoms with Gasteiger partial charge in [-0.1, -0.05) is 0 Å². The lowest BCUT2D eigenvalue weighted by Crippen LogP contribution is -2.22. The van der Waals surface area contributed by atoms with Crippen LogP contribution in [0.5, 0.6) is 0 Å². The molecule has 7 nitrogen and oxygen atoms in total. The number of nitrogens with zero attached hydrogens (tertiary/aromatic N) is 3. The van der Waals surface area contributed by atoms with E-state index in [1.807, 2.05) is 42.3 Å².